The molecule has 1 aliphatic heterocycles. The Hall–Kier alpha value is -1.20. The van der Waals surface area contributed by atoms with Crippen molar-refractivity contribution in [2.45, 2.75) is 12.1 Å². The number of thioether (sulfide) groups is 1. The van der Waals surface area contributed by atoms with Gasteiger partial charge in [0.2, 0.25) is 5.90 Å². The van der Waals surface area contributed by atoms with Gasteiger partial charge in [-0.15, -0.1) is 5.10 Å². The van der Waals surface area contributed by atoms with Crippen LogP contribution in [0.1, 0.15) is 12.5 Å². The number of nitrogens with one attached hydrogen (secondary N) is 2. The molecule has 2 rings (SSSR count). The van der Waals surface area contributed by atoms with Gasteiger partial charge in [0.05, 0.1) is 0 Å². The predicted octanol–water partition coefficient (Wildman–Crippen LogP) is 1.55. The lowest BCUT2D eigenvalue weighted by Crippen LogP contribution is -2.51. The van der Waals surface area contributed by atoms with Crippen LogP contribution >= 0.6 is 11.8 Å². The van der Waals surface area contributed by atoms with E-state index in [0.29, 0.717) is 5.90 Å². The van der Waals surface area contributed by atoms with Crippen molar-refractivity contribution in [1.29, 1.82) is 0 Å². The third-order valence-electron chi connectivity index (χ3n) is 2.26. The highest BCUT2D eigenvalue weighted by Crippen LogP contribution is 2.24. The average Bonchev–Trinajstić information content (AvgIpc) is 2.76. The summed E-state index contributed by atoms with van der Waals surface area (Å²) in [5.41, 5.74) is 3.96. The summed E-state index contributed by atoms with van der Waals surface area (Å²) in [5.74, 6) is 0.621. The summed E-state index contributed by atoms with van der Waals surface area (Å²) in [6.45, 7) is 2.84. The SMILES string of the molecule is CCNC1(SC)NN=C(c2ccccc2)O1. The van der Waals surface area contributed by atoms with Gasteiger partial charge in [0.15, 0.2) is 0 Å². The molecule has 0 saturated carbocycles. The Bertz CT molecular complexity index is 382. The minimum Gasteiger partial charge on any atom is -0.425 e. The van der Waals surface area contributed by atoms with Gasteiger partial charge < -0.3 is 4.74 Å². The number of hydrogen-bond acceptors (Lipinski definition) is 5. The standard InChI is InChI=1S/C11H15N3OS/c1-3-12-11(16-2)14-13-10(15-11)9-7-5-4-6-8-9/h4-8,12,14H,3H2,1-2H3. The maximum Gasteiger partial charge on any atom is 0.305 e. The van der Waals surface area contributed by atoms with E-state index < -0.39 is 5.18 Å². The zero-order chi connectivity index (χ0) is 11.4. The molecular weight excluding hydrogens is 222 g/mol. The Morgan fingerprint density at radius 1 is 1.44 bits per heavy atom. The number of nitrogens with zero attached hydrogens (tertiary/aromatic N) is 1. The molecule has 1 heterocycles. The van der Waals surface area contributed by atoms with E-state index in [1.165, 1.54) is 0 Å². The van der Waals surface area contributed by atoms with Crippen molar-refractivity contribution in [1.82, 2.24) is 10.7 Å². The van der Waals surface area contributed by atoms with Crippen LogP contribution in [0.2, 0.25) is 0 Å². The fourth-order valence-electron chi connectivity index (χ4n) is 1.48. The Morgan fingerprint density at radius 3 is 2.81 bits per heavy atom. The van der Waals surface area contributed by atoms with E-state index in [2.05, 4.69) is 15.8 Å². The van der Waals surface area contributed by atoms with Gasteiger partial charge in [0, 0.05) is 5.56 Å². The van der Waals surface area contributed by atoms with Gasteiger partial charge in [-0.25, -0.2) is 5.43 Å². The quantitative estimate of drug-likeness (QED) is 0.780. The molecule has 0 fully saturated rings. The van der Waals surface area contributed by atoms with Crippen LogP contribution in [-0.4, -0.2) is 23.9 Å². The topological polar surface area (TPSA) is 45.7 Å². The van der Waals surface area contributed by atoms with E-state index in [1.807, 2.05) is 43.5 Å². The van der Waals surface area contributed by atoms with Crippen molar-refractivity contribution in [3.05, 3.63) is 35.9 Å². The van der Waals surface area contributed by atoms with Crippen molar-refractivity contribution in [3.8, 4) is 0 Å². The molecule has 0 radical (unpaired) electrons. The molecule has 1 aliphatic rings. The fourth-order valence-corrected chi connectivity index (χ4v) is 2.07. The maximum atomic E-state index is 5.82. The van der Waals surface area contributed by atoms with E-state index >= 15 is 0 Å². The molecular formula is C11H15N3OS. The first kappa shape index (κ1) is 11.3. The summed E-state index contributed by atoms with van der Waals surface area (Å²) in [5, 5.41) is 6.81. The summed E-state index contributed by atoms with van der Waals surface area (Å²) in [6, 6.07) is 9.85. The first-order chi connectivity index (χ1) is 7.79. The van der Waals surface area contributed by atoms with E-state index in [4.69, 9.17) is 4.74 Å². The van der Waals surface area contributed by atoms with Crippen LogP contribution in [0.25, 0.3) is 0 Å². The molecule has 0 aliphatic carbocycles. The lowest BCUT2D eigenvalue weighted by atomic mass is 10.2. The zero-order valence-corrected chi connectivity index (χ0v) is 10.2. The van der Waals surface area contributed by atoms with E-state index in [-0.39, 0.29) is 0 Å². The molecule has 1 unspecified atom stereocenters. The van der Waals surface area contributed by atoms with Gasteiger partial charge in [-0.3, -0.25) is 5.32 Å². The molecule has 1 atom stereocenters. The van der Waals surface area contributed by atoms with Crippen molar-refractivity contribution in [2.75, 3.05) is 12.8 Å². The van der Waals surface area contributed by atoms with Gasteiger partial charge in [-0.2, -0.15) is 0 Å². The fraction of sp³-hybridized carbons (Fsp3) is 0.364. The second kappa shape index (κ2) is 4.76. The number of hydrazone groups is 1. The zero-order valence-electron chi connectivity index (χ0n) is 9.36. The Labute approximate surface area is 99.5 Å². The van der Waals surface area contributed by atoms with E-state index in [0.717, 1.165) is 12.1 Å². The van der Waals surface area contributed by atoms with Gasteiger partial charge in [0.1, 0.15) is 0 Å². The second-order valence-corrected chi connectivity index (χ2v) is 4.33. The summed E-state index contributed by atoms with van der Waals surface area (Å²) in [6.07, 6.45) is 1.97. The molecule has 0 bridgehead atoms. The van der Waals surface area contributed by atoms with Crippen LogP contribution in [0.4, 0.5) is 0 Å². The van der Waals surface area contributed by atoms with Gasteiger partial charge in [-0.05, 0) is 24.9 Å². The first-order valence-electron chi connectivity index (χ1n) is 5.19. The van der Waals surface area contributed by atoms with E-state index in [9.17, 15) is 0 Å². The smallest absolute Gasteiger partial charge is 0.305 e. The second-order valence-electron chi connectivity index (χ2n) is 3.35. The molecule has 1 aromatic rings. The van der Waals surface area contributed by atoms with Crippen LogP contribution < -0.4 is 10.7 Å². The third kappa shape index (κ3) is 2.15. The normalized spacial score (nSPS) is 23.5. The Morgan fingerprint density at radius 2 is 2.19 bits per heavy atom. The summed E-state index contributed by atoms with van der Waals surface area (Å²) in [4.78, 5) is 0. The first-order valence-corrected chi connectivity index (χ1v) is 6.41. The van der Waals surface area contributed by atoms with E-state index in [1.54, 1.807) is 11.8 Å². The van der Waals surface area contributed by atoms with Crippen LogP contribution in [0.15, 0.2) is 35.4 Å². The van der Waals surface area contributed by atoms with Crippen LogP contribution in [0, 0.1) is 0 Å². The monoisotopic (exact) mass is 237 g/mol. The number of hydrogen-bond donors (Lipinski definition) is 2. The third-order valence-corrected chi connectivity index (χ3v) is 3.16. The molecule has 0 saturated heterocycles. The van der Waals surface area contributed by atoms with Gasteiger partial charge >= 0.3 is 5.18 Å². The lowest BCUT2D eigenvalue weighted by Gasteiger charge is -2.26. The number of rotatable bonds is 4. The molecule has 0 amide bonds. The minimum atomic E-state index is -0.625. The van der Waals surface area contributed by atoms with Crippen LogP contribution in [-0.2, 0) is 4.74 Å². The largest absolute Gasteiger partial charge is 0.425 e. The van der Waals surface area contributed by atoms with Crippen molar-refractivity contribution in [3.63, 3.8) is 0 Å². The predicted molar refractivity (Wildman–Crippen MR) is 67.1 cm³/mol. The van der Waals surface area contributed by atoms with Gasteiger partial charge in [0.25, 0.3) is 0 Å². The average molecular weight is 237 g/mol. The molecule has 86 valence electrons. The molecule has 1 aromatic carbocycles. The molecule has 5 heteroatoms. The number of ether oxygens (including phenoxy) is 1. The Balaban J connectivity index is 2.12. The van der Waals surface area contributed by atoms with Gasteiger partial charge in [-0.1, -0.05) is 36.9 Å². The highest BCUT2D eigenvalue weighted by molar-refractivity contribution is 7.99. The highest BCUT2D eigenvalue weighted by atomic mass is 32.2. The summed E-state index contributed by atoms with van der Waals surface area (Å²) < 4.78 is 5.82. The molecule has 4 nitrogen and oxygen atoms in total. The van der Waals surface area contributed by atoms with Crippen molar-refractivity contribution in [2.24, 2.45) is 5.10 Å². The Kier molecular flexibility index (Phi) is 3.36. The molecule has 0 aromatic heterocycles. The molecule has 2 N–H and O–H groups in total. The van der Waals surface area contributed by atoms with Crippen molar-refractivity contribution >= 4 is 17.7 Å². The summed E-state index contributed by atoms with van der Waals surface area (Å²) >= 11 is 1.54. The van der Waals surface area contributed by atoms with Crippen molar-refractivity contribution < 1.29 is 4.74 Å². The lowest BCUT2D eigenvalue weighted by molar-refractivity contribution is 0.113. The molecule has 0 spiro atoms. The summed E-state index contributed by atoms with van der Waals surface area (Å²) in [7, 11) is 0. The highest BCUT2D eigenvalue weighted by Gasteiger charge is 2.36. The van der Waals surface area contributed by atoms with Crippen LogP contribution in [0.5, 0.6) is 0 Å². The minimum absolute atomic E-state index is 0.621. The number of benzene rings is 1. The molecule has 16 heavy (non-hydrogen) atoms. The maximum absolute atomic E-state index is 5.82. The van der Waals surface area contributed by atoms with Crippen LogP contribution in [0.3, 0.4) is 0 Å².